The number of carbonyl (C=O) groups is 1. The first-order valence-electron chi connectivity index (χ1n) is 7.43. The van der Waals surface area contributed by atoms with Crippen LogP contribution in [0, 0.1) is 11.3 Å². The minimum atomic E-state index is -1.65. The fraction of sp³-hybridized carbons (Fsp3) is 0.471. The van der Waals surface area contributed by atoms with E-state index >= 15 is 0 Å². The second-order valence-corrected chi connectivity index (χ2v) is 5.64. The molecule has 1 spiro atoms. The van der Waals surface area contributed by atoms with Gasteiger partial charge < -0.3 is 20.1 Å². The molecule has 1 heterocycles. The number of hydrogen-bond donors (Lipinski definition) is 3. The van der Waals surface area contributed by atoms with Crippen molar-refractivity contribution in [2.24, 2.45) is 11.3 Å². The van der Waals surface area contributed by atoms with Crippen LogP contribution in [0.3, 0.4) is 0 Å². The van der Waals surface area contributed by atoms with Crippen molar-refractivity contribution in [1.29, 1.82) is 0 Å². The van der Waals surface area contributed by atoms with Crippen molar-refractivity contribution in [1.82, 2.24) is 0 Å². The summed E-state index contributed by atoms with van der Waals surface area (Å²) in [6.07, 6.45) is 8.23. The van der Waals surface area contributed by atoms with Gasteiger partial charge in [0, 0.05) is 5.92 Å². The number of hydrogen-bond acceptors (Lipinski definition) is 5. The molecule has 0 aromatic rings. The van der Waals surface area contributed by atoms with Crippen LogP contribution in [0.5, 0.6) is 0 Å². The number of ether oxygens (including phenoxy) is 1. The first-order valence-corrected chi connectivity index (χ1v) is 7.43. The molecule has 1 fully saturated rings. The summed E-state index contributed by atoms with van der Waals surface area (Å²) in [6.45, 7) is 5.57. The maximum absolute atomic E-state index is 12.3. The highest BCUT2D eigenvalue weighted by Gasteiger charge is 2.64. The Morgan fingerprint density at radius 1 is 1.32 bits per heavy atom. The van der Waals surface area contributed by atoms with Gasteiger partial charge in [-0.3, -0.25) is 4.79 Å². The van der Waals surface area contributed by atoms with Crippen LogP contribution in [-0.2, 0) is 9.53 Å². The maximum Gasteiger partial charge on any atom is 0.324 e. The molecular formula is C17H22O5. The fourth-order valence-corrected chi connectivity index (χ4v) is 2.97. The molecule has 0 radical (unpaired) electrons. The largest absolute Gasteiger partial charge is 0.428 e. The summed E-state index contributed by atoms with van der Waals surface area (Å²) in [7, 11) is 0. The van der Waals surface area contributed by atoms with Crippen LogP contribution < -0.4 is 0 Å². The number of esters is 1. The van der Waals surface area contributed by atoms with Crippen molar-refractivity contribution in [2.45, 2.75) is 38.1 Å². The molecule has 0 aromatic heterocycles. The highest BCUT2D eigenvalue weighted by atomic mass is 16.6. The van der Waals surface area contributed by atoms with Gasteiger partial charge in [0.05, 0.1) is 6.10 Å². The average molecular weight is 306 g/mol. The van der Waals surface area contributed by atoms with Crippen molar-refractivity contribution in [3.8, 4) is 0 Å². The summed E-state index contributed by atoms with van der Waals surface area (Å²) in [6, 6.07) is 0. The number of aliphatic hydroxyl groups excluding tert-OH is 3. The van der Waals surface area contributed by atoms with E-state index in [1.54, 1.807) is 18.2 Å². The maximum atomic E-state index is 12.3. The lowest BCUT2D eigenvalue weighted by atomic mass is 9.63. The van der Waals surface area contributed by atoms with E-state index in [1.807, 2.05) is 12.2 Å². The minimum Gasteiger partial charge on any atom is -0.428 e. The van der Waals surface area contributed by atoms with Gasteiger partial charge in [0.15, 0.2) is 0 Å². The van der Waals surface area contributed by atoms with Crippen molar-refractivity contribution >= 4 is 5.97 Å². The van der Waals surface area contributed by atoms with E-state index in [4.69, 9.17) is 4.74 Å². The molecule has 2 rings (SSSR count). The third kappa shape index (κ3) is 2.56. The van der Waals surface area contributed by atoms with Gasteiger partial charge in [-0.25, -0.2) is 0 Å². The Hall–Kier alpha value is -1.69. The molecule has 1 aliphatic carbocycles. The van der Waals surface area contributed by atoms with E-state index in [9.17, 15) is 20.1 Å². The van der Waals surface area contributed by atoms with E-state index in [-0.39, 0.29) is 5.76 Å². The molecule has 0 saturated carbocycles. The lowest BCUT2D eigenvalue weighted by Crippen LogP contribution is -2.57. The van der Waals surface area contributed by atoms with E-state index < -0.39 is 35.6 Å². The number of unbranched alkanes of at least 4 members (excludes halogenated alkanes) is 1. The van der Waals surface area contributed by atoms with Gasteiger partial charge in [0.1, 0.15) is 23.4 Å². The summed E-state index contributed by atoms with van der Waals surface area (Å²) in [5.74, 6) is -1.47. The minimum absolute atomic E-state index is 0.105. The molecule has 5 heteroatoms. The van der Waals surface area contributed by atoms with Crippen LogP contribution in [0.2, 0.25) is 0 Å². The van der Waals surface area contributed by atoms with Crippen molar-refractivity contribution in [2.75, 3.05) is 0 Å². The summed E-state index contributed by atoms with van der Waals surface area (Å²) in [5.41, 5.74) is -1.65. The molecule has 3 N–H and O–H groups in total. The molecule has 5 nitrogen and oxygen atoms in total. The molecule has 0 amide bonds. The first-order chi connectivity index (χ1) is 10.5. The number of cyclic esters (lactones) is 1. The van der Waals surface area contributed by atoms with Crippen molar-refractivity contribution in [3.63, 3.8) is 0 Å². The summed E-state index contributed by atoms with van der Waals surface area (Å²) in [4.78, 5) is 12.3. The standard InChI is InChI=1S/C17H22O5/c1-3-4-5-6-7-8-12-9-10-13(18)15(20)17(12)14(19)11(2)22-16(17)21/h5-10,12-15,18-20H,2-4H2,1H3/b6-5+,8-7+/t12-,13-,14+,15+,17-/m1/s1. The molecule has 0 aromatic carbocycles. The Kier molecular flexibility index (Phi) is 5.01. The van der Waals surface area contributed by atoms with Crippen LogP contribution in [0.1, 0.15) is 19.8 Å². The Morgan fingerprint density at radius 2 is 2.05 bits per heavy atom. The van der Waals surface area contributed by atoms with Crippen molar-refractivity contribution < 1.29 is 24.9 Å². The van der Waals surface area contributed by atoms with E-state index in [0.29, 0.717) is 0 Å². The number of carbonyl (C=O) groups excluding carboxylic acids is 1. The van der Waals surface area contributed by atoms with Crippen LogP contribution in [0.25, 0.3) is 0 Å². The smallest absolute Gasteiger partial charge is 0.324 e. The highest BCUT2D eigenvalue weighted by molar-refractivity contribution is 5.84. The lowest BCUT2D eigenvalue weighted by Gasteiger charge is -2.41. The van der Waals surface area contributed by atoms with Gasteiger partial charge in [0.25, 0.3) is 0 Å². The molecule has 0 unspecified atom stereocenters. The Balaban J connectivity index is 2.36. The van der Waals surface area contributed by atoms with Gasteiger partial charge >= 0.3 is 5.97 Å². The Bertz CT molecular complexity index is 533. The third-order valence-corrected chi connectivity index (χ3v) is 4.24. The Labute approximate surface area is 129 Å². The molecule has 0 bridgehead atoms. The zero-order valence-corrected chi connectivity index (χ0v) is 12.6. The second kappa shape index (κ2) is 6.60. The average Bonchev–Trinajstić information content (AvgIpc) is 2.71. The molecule has 5 atom stereocenters. The first kappa shape index (κ1) is 16.7. The highest BCUT2D eigenvalue weighted by Crippen LogP contribution is 2.49. The monoisotopic (exact) mass is 306 g/mol. The predicted octanol–water partition coefficient (Wildman–Crippen LogP) is 1.22. The van der Waals surface area contributed by atoms with Gasteiger partial charge in [0.2, 0.25) is 0 Å². The summed E-state index contributed by atoms with van der Waals surface area (Å²) in [5, 5.41) is 30.5. The number of aliphatic hydroxyl groups is 3. The zero-order valence-electron chi connectivity index (χ0n) is 12.6. The van der Waals surface area contributed by atoms with E-state index in [0.717, 1.165) is 12.8 Å². The van der Waals surface area contributed by atoms with Crippen LogP contribution in [0.15, 0.2) is 48.8 Å². The van der Waals surface area contributed by atoms with Gasteiger partial charge in [-0.2, -0.15) is 0 Å². The van der Waals surface area contributed by atoms with Crippen LogP contribution in [0.4, 0.5) is 0 Å². The quantitative estimate of drug-likeness (QED) is 0.413. The molecule has 120 valence electrons. The van der Waals surface area contributed by atoms with Crippen LogP contribution >= 0.6 is 0 Å². The molecule has 1 aliphatic heterocycles. The summed E-state index contributed by atoms with van der Waals surface area (Å²) < 4.78 is 4.92. The zero-order chi connectivity index (χ0) is 16.3. The Morgan fingerprint density at radius 3 is 2.64 bits per heavy atom. The molecule has 2 aliphatic rings. The lowest BCUT2D eigenvalue weighted by molar-refractivity contribution is -0.164. The number of rotatable bonds is 4. The second-order valence-electron chi connectivity index (χ2n) is 5.64. The van der Waals surface area contributed by atoms with Crippen LogP contribution in [-0.4, -0.2) is 39.6 Å². The molecular weight excluding hydrogens is 284 g/mol. The fourth-order valence-electron chi connectivity index (χ4n) is 2.97. The molecule has 22 heavy (non-hydrogen) atoms. The van der Waals surface area contributed by atoms with Gasteiger partial charge in [-0.15, -0.1) is 0 Å². The normalized spacial score (nSPS) is 38.5. The van der Waals surface area contributed by atoms with Crippen molar-refractivity contribution in [3.05, 3.63) is 48.8 Å². The third-order valence-electron chi connectivity index (χ3n) is 4.24. The predicted molar refractivity (Wildman–Crippen MR) is 81.5 cm³/mol. The van der Waals surface area contributed by atoms with E-state index in [1.165, 1.54) is 6.08 Å². The summed E-state index contributed by atoms with van der Waals surface area (Å²) >= 11 is 0. The van der Waals surface area contributed by atoms with E-state index in [2.05, 4.69) is 13.5 Å². The number of allylic oxidation sites excluding steroid dienone is 5. The van der Waals surface area contributed by atoms with Gasteiger partial charge in [-0.1, -0.05) is 56.4 Å². The van der Waals surface area contributed by atoms with Gasteiger partial charge in [-0.05, 0) is 6.42 Å². The topological polar surface area (TPSA) is 87.0 Å². The SMILES string of the molecule is C=C1OC(=O)[C@]2([C@H](/C=C/C=C/CCC)C=C[C@@H](O)[C@@H]2O)[C@H]1O. The molecule has 1 saturated heterocycles.